The predicted molar refractivity (Wildman–Crippen MR) is 138 cm³/mol. The van der Waals surface area contributed by atoms with Crippen molar-refractivity contribution in [1.82, 2.24) is 9.78 Å². The van der Waals surface area contributed by atoms with Crippen LogP contribution in [-0.4, -0.2) is 21.3 Å². The largest absolute Gasteiger partial charge is 0.438 e. The van der Waals surface area contributed by atoms with Gasteiger partial charge in [0.05, 0.1) is 10.7 Å². The maximum Gasteiger partial charge on any atom is 0.229 e. The number of para-hydroxylation sites is 1. The topological polar surface area (TPSA) is 61.2 Å². The average molecular weight is 507 g/mol. The van der Waals surface area contributed by atoms with E-state index in [1.807, 2.05) is 49.4 Å². The normalized spacial score (nSPS) is 10.9. The SMILES string of the molecule is Cc1ccc(C(=O)Cc2ccccc2Oc2c(C(=O)c3ccc(Cl)c(C)c3Cl)c(C)nn2C)cc1. The molecule has 0 N–H and O–H groups in total. The Morgan fingerprint density at radius 1 is 0.943 bits per heavy atom. The average Bonchev–Trinajstić information content (AvgIpc) is 3.11. The molecule has 0 amide bonds. The van der Waals surface area contributed by atoms with Crippen LogP contribution in [-0.2, 0) is 13.5 Å². The Bertz CT molecular complexity index is 1440. The van der Waals surface area contributed by atoms with E-state index in [2.05, 4.69) is 5.10 Å². The van der Waals surface area contributed by atoms with Gasteiger partial charge in [-0.05, 0) is 44.5 Å². The molecule has 0 aliphatic rings. The molecule has 35 heavy (non-hydrogen) atoms. The molecule has 4 rings (SSSR count). The van der Waals surface area contributed by atoms with Crippen molar-refractivity contribution in [2.75, 3.05) is 0 Å². The second-order valence-corrected chi connectivity index (χ2v) is 9.21. The van der Waals surface area contributed by atoms with Crippen LogP contribution in [0.2, 0.25) is 10.0 Å². The first kappa shape index (κ1) is 24.7. The van der Waals surface area contributed by atoms with E-state index in [-0.39, 0.29) is 23.9 Å². The lowest BCUT2D eigenvalue weighted by Crippen LogP contribution is -2.08. The standard InChI is InChI=1S/C28H24Cl2N2O3/c1-16-9-11-19(12-10-16)23(33)15-20-7-5-6-8-24(20)35-28-25(18(3)31-32(28)4)27(34)21-13-14-22(29)17(2)26(21)30/h5-14H,15H2,1-4H3. The molecule has 1 heterocycles. The van der Waals surface area contributed by atoms with Gasteiger partial charge in [0.2, 0.25) is 11.7 Å². The van der Waals surface area contributed by atoms with E-state index < -0.39 is 0 Å². The number of rotatable bonds is 7. The molecule has 0 bridgehead atoms. The quantitative estimate of drug-likeness (QED) is 0.250. The third-order valence-electron chi connectivity index (χ3n) is 5.87. The molecule has 0 fully saturated rings. The fraction of sp³-hybridized carbons (Fsp3) is 0.179. The highest BCUT2D eigenvalue weighted by Gasteiger charge is 2.26. The Kier molecular flexibility index (Phi) is 7.10. The summed E-state index contributed by atoms with van der Waals surface area (Å²) in [5.41, 5.74) is 4.17. The number of halogens is 2. The molecule has 0 spiro atoms. The minimum Gasteiger partial charge on any atom is -0.438 e. The van der Waals surface area contributed by atoms with Gasteiger partial charge in [-0.3, -0.25) is 9.59 Å². The number of ketones is 2. The van der Waals surface area contributed by atoms with Crippen LogP contribution in [0.25, 0.3) is 0 Å². The molecule has 178 valence electrons. The molecule has 0 radical (unpaired) electrons. The van der Waals surface area contributed by atoms with Crippen molar-refractivity contribution >= 4 is 34.8 Å². The number of hydrogen-bond donors (Lipinski definition) is 0. The Hall–Kier alpha value is -3.41. The molecule has 0 aliphatic carbocycles. The first-order valence-corrected chi connectivity index (χ1v) is 11.8. The van der Waals surface area contributed by atoms with Crippen LogP contribution in [0.4, 0.5) is 0 Å². The first-order valence-electron chi connectivity index (χ1n) is 11.1. The van der Waals surface area contributed by atoms with E-state index in [0.717, 1.165) is 5.56 Å². The third kappa shape index (κ3) is 5.02. The van der Waals surface area contributed by atoms with Crippen molar-refractivity contribution in [2.24, 2.45) is 7.05 Å². The van der Waals surface area contributed by atoms with Crippen LogP contribution in [0.15, 0.2) is 60.7 Å². The molecule has 0 saturated heterocycles. The summed E-state index contributed by atoms with van der Waals surface area (Å²) < 4.78 is 7.75. The first-order chi connectivity index (χ1) is 16.7. The van der Waals surface area contributed by atoms with Gasteiger partial charge in [-0.1, -0.05) is 71.2 Å². The molecule has 0 aliphatic heterocycles. The van der Waals surface area contributed by atoms with Crippen LogP contribution < -0.4 is 4.74 Å². The van der Waals surface area contributed by atoms with Gasteiger partial charge in [0.15, 0.2) is 5.78 Å². The van der Waals surface area contributed by atoms with Crippen LogP contribution in [0.1, 0.15) is 48.7 Å². The molecule has 7 heteroatoms. The highest BCUT2D eigenvalue weighted by Crippen LogP contribution is 2.35. The Labute approximate surface area is 214 Å². The monoisotopic (exact) mass is 506 g/mol. The van der Waals surface area contributed by atoms with Gasteiger partial charge < -0.3 is 4.74 Å². The lowest BCUT2D eigenvalue weighted by atomic mass is 10.0. The van der Waals surface area contributed by atoms with E-state index >= 15 is 0 Å². The summed E-state index contributed by atoms with van der Waals surface area (Å²) in [5, 5.41) is 5.18. The predicted octanol–water partition coefficient (Wildman–Crippen LogP) is 7.10. The molecular weight excluding hydrogens is 483 g/mol. The molecule has 1 aromatic heterocycles. The lowest BCUT2D eigenvalue weighted by molar-refractivity contribution is 0.0990. The van der Waals surface area contributed by atoms with Gasteiger partial charge in [-0.25, -0.2) is 4.68 Å². The summed E-state index contributed by atoms with van der Waals surface area (Å²) in [4.78, 5) is 26.4. The minimum atomic E-state index is -0.316. The van der Waals surface area contributed by atoms with Gasteiger partial charge in [0.25, 0.3) is 0 Å². The summed E-state index contributed by atoms with van der Waals surface area (Å²) >= 11 is 12.6. The lowest BCUT2D eigenvalue weighted by Gasteiger charge is -2.13. The fourth-order valence-corrected chi connectivity index (χ4v) is 4.31. The number of hydrogen-bond acceptors (Lipinski definition) is 4. The van der Waals surface area contributed by atoms with Gasteiger partial charge >= 0.3 is 0 Å². The van der Waals surface area contributed by atoms with Crippen LogP contribution >= 0.6 is 23.2 Å². The van der Waals surface area contributed by atoms with E-state index in [1.54, 1.807) is 39.1 Å². The second-order valence-electron chi connectivity index (χ2n) is 8.43. The third-order valence-corrected chi connectivity index (χ3v) is 6.76. The molecular formula is C28H24Cl2N2O3. The Balaban J connectivity index is 1.69. The highest BCUT2D eigenvalue weighted by molar-refractivity contribution is 6.38. The number of aromatic nitrogens is 2. The zero-order chi connectivity index (χ0) is 25.3. The summed E-state index contributed by atoms with van der Waals surface area (Å²) in [5.74, 6) is 0.403. The number of carbonyl (C=O) groups is 2. The number of ether oxygens (including phenoxy) is 1. The highest BCUT2D eigenvalue weighted by atomic mass is 35.5. The number of benzene rings is 3. The number of nitrogens with zero attached hydrogens (tertiary/aromatic N) is 2. The zero-order valence-corrected chi connectivity index (χ0v) is 21.4. The molecule has 0 saturated carbocycles. The van der Waals surface area contributed by atoms with Crippen LogP contribution in [0, 0.1) is 20.8 Å². The number of carbonyl (C=O) groups excluding carboxylic acids is 2. The van der Waals surface area contributed by atoms with Crippen molar-refractivity contribution in [3.05, 3.63) is 110 Å². The van der Waals surface area contributed by atoms with E-state index in [9.17, 15) is 9.59 Å². The van der Waals surface area contributed by atoms with Crippen molar-refractivity contribution < 1.29 is 14.3 Å². The number of aryl methyl sites for hydroxylation is 3. The molecule has 0 atom stereocenters. The van der Waals surface area contributed by atoms with Gasteiger partial charge in [0, 0.05) is 35.2 Å². The molecule has 4 aromatic rings. The van der Waals surface area contributed by atoms with E-state index in [0.29, 0.717) is 49.3 Å². The van der Waals surface area contributed by atoms with Gasteiger partial charge in [-0.15, -0.1) is 0 Å². The van der Waals surface area contributed by atoms with E-state index in [4.69, 9.17) is 27.9 Å². The van der Waals surface area contributed by atoms with Crippen molar-refractivity contribution in [1.29, 1.82) is 0 Å². The van der Waals surface area contributed by atoms with Crippen molar-refractivity contribution in [3.8, 4) is 11.6 Å². The van der Waals surface area contributed by atoms with Gasteiger partial charge in [0.1, 0.15) is 11.3 Å². The Morgan fingerprint density at radius 2 is 1.63 bits per heavy atom. The minimum absolute atomic E-state index is 0.0260. The Morgan fingerprint density at radius 3 is 2.34 bits per heavy atom. The summed E-state index contributed by atoms with van der Waals surface area (Å²) in [7, 11) is 1.70. The maximum atomic E-state index is 13.5. The van der Waals surface area contributed by atoms with Crippen LogP contribution in [0.5, 0.6) is 11.6 Å². The van der Waals surface area contributed by atoms with Gasteiger partial charge in [-0.2, -0.15) is 5.10 Å². The number of Topliss-reactive ketones (excluding diaryl/α,β-unsaturated/α-hetero) is 1. The zero-order valence-electron chi connectivity index (χ0n) is 19.9. The van der Waals surface area contributed by atoms with Crippen LogP contribution in [0.3, 0.4) is 0 Å². The molecule has 3 aromatic carbocycles. The molecule has 0 unspecified atom stereocenters. The smallest absolute Gasteiger partial charge is 0.229 e. The summed E-state index contributed by atoms with van der Waals surface area (Å²) in [6.07, 6.45) is 0.154. The molecule has 5 nitrogen and oxygen atoms in total. The van der Waals surface area contributed by atoms with Crippen molar-refractivity contribution in [3.63, 3.8) is 0 Å². The summed E-state index contributed by atoms with van der Waals surface area (Å²) in [6.45, 7) is 5.48. The second kappa shape index (κ2) is 10.1. The maximum absolute atomic E-state index is 13.5. The summed E-state index contributed by atoms with van der Waals surface area (Å²) in [6, 6.07) is 18.0. The fourth-order valence-electron chi connectivity index (χ4n) is 3.86. The van der Waals surface area contributed by atoms with E-state index in [1.165, 1.54) is 4.68 Å². The van der Waals surface area contributed by atoms with Crippen molar-refractivity contribution in [2.45, 2.75) is 27.2 Å².